The van der Waals surface area contributed by atoms with E-state index in [0.29, 0.717) is 18.7 Å². The molecule has 0 atom stereocenters. The molecule has 0 radical (unpaired) electrons. The van der Waals surface area contributed by atoms with Crippen molar-refractivity contribution in [2.75, 3.05) is 32.1 Å². The van der Waals surface area contributed by atoms with Crippen molar-refractivity contribution in [1.29, 1.82) is 0 Å². The Balaban J connectivity index is 1.95. The van der Waals surface area contributed by atoms with E-state index in [0.717, 1.165) is 5.69 Å². The Hall–Kier alpha value is -2.38. The van der Waals surface area contributed by atoms with Crippen LogP contribution >= 0.6 is 0 Å². The Morgan fingerprint density at radius 3 is 2.46 bits per heavy atom. The van der Waals surface area contributed by atoms with E-state index >= 15 is 0 Å². The van der Waals surface area contributed by atoms with E-state index < -0.39 is 10.0 Å². The lowest BCUT2D eigenvalue weighted by molar-refractivity contribution is 0.0954. The molecule has 24 heavy (non-hydrogen) atoms. The van der Waals surface area contributed by atoms with E-state index in [4.69, 9.17) is 0 Å². The third-order valence-corrected chi connectivity index (χ3v) is 5.02. The van der Waals surface area contributed by atoms with E-state index in [1.54, 1.807) is 12.1 Å². The molecule has 0 saturated carbocycles. The van der Waals surface area contributed by atoms with Gasteiger partial charge < -0.3 is 10.2 Å². The first-order chi connectivity index (χ1) is 11.4. The van der Waals surface area contributed by atoms with Crippen LogP contribution in [0.15, 0.2) is 59.5 Å². The van der Waals surface area contributed by atoms with E-state index in [1.165, 1.54) is 19.2 Å². The molecule has 0 aliphatic carbocycles. The average molecular weight is 347 g/mol. The number of hydrogen-bond donors (Lipinski definition) is 2. The molecule has 6 nitrogen and oxygen atoms in total. The van der Waals surface area contributed by atoms with Crippen LogP contribution in [0, 0.1) is 0 Å². The van der Waals surface area contributed by atoms with Crippen LogP contribution in [0.4, 0.5) is 5.69 Å². The number of likely N-dealkylation sites (N-methyl/N-ethyl adjacent to an activating group) is 1. The number of hydrogen-bond acceptors (Lipinski definition) is 4. The standard InChI is InChI=1S/C17H21N3O3S/c1-18-24(22,23)16-10-6-7-14(13-16)17(21)19-11-12-20(2)15-8-4-3-5-9-15/h3-10,13,18H,11-12H2,1-2H3,(H,19,21). The molecule has 2 N–H and O–H groups in total. The van der Waals surface area contributed by atoms with Gasteiger partial charge >= 0.3 is 0 Å². The summed E-state index contributed by atoms with van der Waals surface area (Å²) in [5.41, 5.74) is 1.38. The van der Waals surface area contributed by atoms with Gasteiger partial charge in [-0.05, 0) is 37.4 Å². The fourth-order valence-electron chi connectivity index (χ4n) is 2.17. The van der Waals surface area contributed by atoms with Gasteiger partial charge in [0.05, 0.1) is 4.90 Å². The zero-order valence-corrected chi connectivity index (χ0v) is 14.5. The quantitative estimate of drug-likeness (QED) is 0.795. The van der Waals surface area contributed by atoms with Gasteiger partial charge in [-0.15, -0.1) is 0 Å². The van der Waals surface area contributed by atoms with Crippen molar-refractivity contribution in [2.24, 2.45) is 0 Å². The molecule has 0 aliphatic heterocycles. The van der Waals surface area contributed by atoms with Gasteiger partial charge in [-0.3, -0.25) is 4.79 Å². The molecule has 2 rings (SSSR count). The fraction of sp³-hybridized carbons (Fsp3) is 0.235. The first kappa shape index (κ1) is 18.0. The number of nitrogens with zero attached hydrogens (tertiary/aromatic N) is 1. The minimum Gasteiger partial charge on any atom is -0.373 e. The van der Waals surface area contributed by atoms with Crippen LogP contribution < -0.4 is 14.9 Å². The Morgan fingerprint density at radius 1 is 1.08 bits per heavy atom. The van der Waals surface area contributed by atoms with Gasteiger partial charge in [0.2, 0.25) is 10.0 Å². The minimum atomic E-state index is -3.56. The average Bonchev–Trinajstić information content (AvgIpc) is 2.62. The van der Waals surface area contributed by atoms with E-state index in [9.17, 15) is 13.2 Å². The van der Waals surface area contributed by atoms with Crippen LogP contribution in [-0.4, -0.2) is 41.5 Å². The molecule has 0 saturated heterocycles. The maximum absolute atomic E-state index is 12.2. The molecule has 1 amide bonds. The second kappa shape index (κ2) is 7.94. The van der Waals surface area contributed by atoms with Crippen LogP contribution in [0.5, 0.6) is 0 Å². The molecule has 0 spiro atoms. The number of rotatable bonds is 7. The highest BCUT2D eigenvalue weighted by Crippen LogP contribution is 2.12. The lowest BCUT2D eigenvalue weighted by Crippen LogP contribution is -2.33. The Kier molecular flexibility index (Phi) is 5.94. The second-order valence-corrected chi connectivity index (χ2v) is 7.13. The number of sulfonamides is 1. The third-order valence-electron chi connectivity index (χ3n) is 3.60. The molecule has 2 aromatic carbocycles. The normalized spacial score (nSPS) is 11.1. The summed E-state index contributed by atoms with van der Waals surface area (Å²) >= 11 is 0. The van der Waals surface area contributed by atoms with Crippen LogP contribution in [0.1, 0.15) is 10.4 Å². The van der Waals surface area contributed by atoms with Crippen LogP contribution in [0.3, 0.4) is 0 Å². The number of para-hydroxylation sites is 1. The van der Waals surface area contributed by atoms with Crippen LogP contribution in [0.25, 0.3) is 0 Å². The maximum Gasteiger partial charge on any atom is 0.251 e. The molecule has 0 bridgehead atoms. The minimum absolute atomic E-state index is 0.0686. The zero-order chi connectivity index (χ0) is 17.6. The molecule has 2 aromatic rings. The largest absolute Gasteiger partial charge is 0.373 e. The summed E-state index contributed by atoms with van der Waals surface area (Å²) in [5, 5.41) is 2.80. The van der Waals surface area contributed by atoms with Gasteiger partial charge in [-0.2, -0.15) is 0 Å². The maximum atomic E-state index is 12.2. The van der Waals surface area contributed by atoms with Crippen molar-refractivity contribution in [3.63, 3.8) is 0 Å². The van der Waals surface area contributed by atoms with Crippen molar-refractivity contribution in [2.45, 2.75) is 4.90 Å². The van der Waals surface area contributed by atoms with Crippen molar-refractivity contribution in [3.05, 3.63) is 60.2 Å². The third kappa shape index (κ3) is 4.56. The van der Waals surface area contributed by atoms with E-state index in [2.05, 4.69) is 10.0 Å². The topological polar surface area (TPSA) is 78.5 Å². The molecule has 0 aliphatic rings. The number of amides is 1. The smallest absolute Gasteiger partial charge is 0.251 e. The summed E-state index contributed by atoms with van der Waals surface area (Å²) in [6, 6.07) is 15.8. The van der Waals surface area contributed by atoms with Gasteiger partial charge in [0, 0.05) is 31.4 Å². The first-order valence-corrected chi connectivity index (χ1v) is 9.00. The first-order valence-electron chi connectivity index (χ1n) is 7.52. The molecule has 0 heterocycles. The van der Waals surface area contributed by atoms with Crippen molar-refractivity contribution >= 4 is 21.6 Å². The molecule has 0 fully saturated rings. The summed E-state index contributed by atoms with van der Waals surface area (Å²) in [5.74, 6) is -0.301. The lowest BCUT2D eigenvalue weighted by Gasteiger charge is -2.19. The van der Waals surface area contributed by atoms with Crippen molar-refractivity contribution in [1.82, 2.24) is 10.0 Å². The summed E-state index contributed by atoms with van der Waals surface area (Å²) in [7, 11) is -0.282. The Labute approximate surface area is 142 Å². The van der Waals surface area contributed by atoms with Gasteiger partial charge in [0.25, 0.3) is 5.91 Å². The highest BCUT2D eigenvalue weighted by molar-refractivity contribution is 7.89. The highest BCUT2D eigenvalue weighted by Gasteiger charge is 2.14. The van der Waals surface area contributed by atoms with Crippen LogP contribution in [-0.2, 0) is 10.0 Å². The molecule has 0 aromatic heterocycles. The number of benzene rings is 2. The van der Waals surface area contributed by atoms with Crippen LogP contribution in [0.2, 0.25) is 0 Å². The molecular formula is C17H21N3O3S. The number of carbonyl (C=O) groups excluding carboxylic acids is 1. The summed E-state index contributed by atoms with van der Waals surface area (Å²) < 4.78 is 25.8. The van der Waals surface area contributed by atoms with Gasteiger partial charge in [0.15, 0.2) is 0 Å². The van der Waals surface area contributed by atoms with E-state index in [1.807, 2.05) is 42.3 Å². The summed E-state index contributed by atoms with van der Waals surface area (Å²) in [6.45, 7) is 1.09. The SMILES string of the molecule is CNS(=O)(=O)c1cccc(C(=O)NCCN(C)c2ccccc2)c1. The molecular weight excluding hydrogens is 326 g/mol. The number of nitrogens with one attached hydrogen (secondary N) is 2. The monoisotopic (exact) mass is 347 g/mol. The second-order valence-electron chi connectivity index (χ2n) is 5.25. The Morgan fingerprint density at radius 2 is 1.79 bits per heavy atom. The summed E-state index contributed by atoms with van der Waals surface area (Å²) in [6.07, 6.45) is 0. The van der Waals surface area contributed by atoms with E-state index in [-0.39, 0.29) is 10.8 Å². The molecule has 7 heteroatoms. The Bertz CT molecular complexity index is 792. The number of anilines is 1. The summed E-state index contributed by atoms with van der Waals surface area (Å²) in [4.78, 5) is 14.3. The zero-order valence-electron chi connectivity index (χ0n) is 13.7. The lowest BCUT2D eigenvalue weighted by atomic mass is 10.2. The fourth-order valence-corrected chi connectivity index (χ4v) is 2.95. The number of carbonyl (C=O) groups is 1. The van der Waals surface area contributed by atoms with Gasteiger partial charge in [0.1, 0.15) is 0 Å². The van der Waals surface area contributed by atoms with Gasteiger partial charge in [-0.25, -0.2) is 13.1 Å². The predicted molar refractivity (Wildman–Crippen MR) is 94.7 cm³/mol. The molecule has 128 valence electrons. The highest BCUT2D eigenvalue weighted by atomic mass is 32.2. The van der Waals surface area contributed by atoms with Crippen molar-refractivity contribution in [3.8, 4) is 0 Å². The molecule has 0 unspecified atom stereocenters. The predicted octanol–water partition coefficient (Wildman–Crippen LogP) is 1.46. The van der Waals surface area contributed by atoms with Gasteiger partial charge in [-0.1, -0.05) is 24.3 Å². The van der Waals surface area contributed by atoms with Crippen molar-refractivity contribution < 1.29 is 13.2 Å².